The quantitative estimate of drug-likeness (QED) is 0.407. The summed E-state index contributed by atoms with van der Waals surface area (Å²) in [6.45, 7) is 5.93. The molecule has 7 heteroatoms. The first-order valence-corrected chi connectivity index (χ1v) is 11.4. The molecule has 0 fully saturated rings. The van der Waals surface area contributed by atoms with Crippen LogP contribution in [-0.4, -0.2) is 30.9 Å². The number of aryl methyl sites for hydroxylation is 1. The Morgan fingerprint density at radius 2 is 1.62 bits per heavy atom. The highest BCUT2D eigenvalue weighted by Gasteiger charge is 2.23. The summed E-state index contributed by atoms with van der Waals surface area (Å²) in [6.07, 6.45) is 3.47. The summed E-state index contributed by atoms with van der Waals surface area (Å²) in [5.41, 5.74) is 4.06. The second kappa shape index (κ2) is 9.78. The Hall–Kier alpha value is -3.45. The van der Waals surface area contributed by atoms with E-state index in [9.17, 15) is 4.79 Å². The second-order valence-electron chi connectivity index (χ2n) is 7.57. The largest absolute Gasteiger partial charge is 0.349 e. The molecule has 6 nitrogen and oxygen atoms in total. The summed E-state index contributed by atoms with van der Waals surface area (Å²) in [4.78, 5) is 17.0. The van der Waals surface area contributed by atoms with Crippen molar-refractivity contribution in [3.05, 3.63) is 90.3 Å². The smallest absolute Gasteiger partial charge is 0.233 e. The summed E-state index contributed by atoms with van der Waals surface area (Å²) in [5.74, 6) is 0.672. The van der Waals surface area contributed by atoms with Gasteiger partial charge in [-0.3, -0.25) is 14.3 Å². The van der Waals surface area contributed by atoms with Crippen LogP contribution in [0.25, 0.3) is 17.1 Å². The zero-order valence-corrected chi connectivity index (χ0v) is 19.1. The van der Waals surface area contributed by atoms with E-state index in [0.29, 0.717) is 5.16 Å². The minimum atomic E-state index is -0.349. The minimum Gasteiger partial charge on any atom is -0.349 e. The molecular weight excluding hydrogens is 418 g/mol. The number of carbonyl (C=O) groups is 1. The highest BCUT2D eigenvalue weighted by atomic mass is 32.2. The SMILES string of the molecule is Cc1ccccc1-n1c(SC(C)C(=O)NC(C)c2ccccc2)nnc1-c1ccncc1. The lowest BCUT2D eigenvalue weighted by Gasteiger charge is -2.18. The number of carbonyl (C=O) groups excluding carboxylic acids is 1. The molecule has 2 heterocycles. The fraction of sp³-hybridized carbons (Fsp3) is 0.200. The first-order chi connectivity index (χ1) is 15.5. The van der Waals surface area contributed by atoms with Crippen molar-refractivity contribution in [2.75, 3.05) is 0 Å². The summed E-state index contributed by atoms with van der Waals surface area (Å²) in [5, 5.41) is 12.3. The van der Waals surface area contributed by atoms with Crippen molar-refractivity contribution >= 4 is 17.7 Å². The molecular formula is C25H25N5OS. The van der Waals surface area contributed by atoms with Crippen LogP contribution in [0.1, 0.15) is 31.0 Å². The van der Waals surface area contributed by atoms with Crippen molar-refractivity contribution < 1.29 is 4.79 Å². The molecule has 0 aliphatic heterocycles. The van der Waals surface area contributed by atoms with Crippen LogP contribution in [0.2, 0.25) is 0 Å². The fourth-order valence-corrected chi connectivity index (χ4v) is 4.30. The van der Waals surface area contributed by atoms with Gasteiger partial charge in [0.1, 0.15) is 0 Å². The van der Waals surface area contributed by atoms with Gasteiger partial charge in [-0.1, -0.05) is 60.3 Å². The van der Waals surface area contributed by atoms with Gasteiger partial charge < -0.3 is 5.32 Å². The Morgan fingerprint density at radius 3 is 2.34 bits per heavy atom. The van der Waals surface area contributed by atoms with Crippen LogP contribution in [0, 0.1) is 6.92 Å². The molecule has 0 aliphatic carbocycles. The van der Waals surface area contributed by atoms with Crippen molar-refractivity contribution in [2.45, 2.75) is 37.2 Å². The van der Waals surface area contributed by atoms with Crippen LogP contribution in [-0.2, 0) is 4.79 Å². The van der Waals surface area contributed by atoms with Crippen LogP contribution < -0.4 is 5.32 Å². The Labute approximate surface area is 192 Å². The minimum absolute atomic E-state index is 0.0452. The molecule has 1 N–H and O–H groups in total. The molecule has 0 saturated heterocycles. The van der Waals surface area contributed by atoms with Gasteiger partial charge in [0.25, 0.3) is 0 Å². The lowest BCUT2D eigenvalue weighted by Crippen LogP contribution is -2.33. The summed E-state index contributed by atoms with van der Waals surface area (Å²) < 4.78 is 2.01. The van der Waals surface area contributed by atoms with Gasteiger partial charge >= 0.3 is 0 Å². The first-order valence-electron chi connectivity index (χ1n) is 10.5. The van der Waals surface area contributed by atoms with Crippen LogP contribution in [0.5, 0.6) is 0 Å². The van der Waals surface area contributed by atoms with Gasteiger partial charge in [0, 0.05) is 18.0 Å². The molecule has 2 aromatic carbocycles. The molecule has 4 rings (SSSR count). The Kier molecular flexibility index (Phi) is 6.66. The van der Waals surface area contributed by atoms with E-state index in [1.54, 1.807) is 12.4 Å². The maximum Gasteiger partial charge on any atom is 0.233 e. The van der Waals surface area contributed by atoms with Crippen LogP contribution in [0.3, 0.4) is 0 Å². The number of benzene rings is 2. The molecule has 4 aromatic rings. The predicted molar refractivity (Wildman–Crippen MR) is 128 cm³/mol. The number of aromatic nitrogens is 4. The van der Waals surface area contributed by atoms with Crippen LogP contribution in [0.4, 0.5) is 0 Å². The third-order valence-electron chi connectivity index (χ3n) is 5.24. The maximum absolute atomic E-state index is 12.9. The monoisotopic (exact) mass is 443 g/mol. The number of rotatable bonds is 7. The molecule has 32 heavy (non-hydrogen) atoms. The number of nitrogens with one attached hydrogen (secondary N) is 1. The molecule has 2 aromatic heterocycles. The second-order valence-corrected chi connectivity index (χ2v) is 8.87. The van der Waals surface area contributed by atoms with E-state index >= 15 is 0 Å². The number of thioether (sulfide) groups is 1. The Balaban J connectivity index is 1.61. The molecule has 2 unspecified atom stereocenters. The third-order valence-corrected chi connectivity index (χ3v) is 6.28. The molecule has 2 atom stereocenters. The summed E-state index contributed by atoms with van der Waals surface area (Å²) >= 11 is 1.40. The normalized spacial score (nSPS) is 12.8. The molecule has 0 radical (unpaired) electrons. The van der Waals surface area contributed by atoms with Gasteiger partial charge in [-0.05, 0) is 50.1 Å². The van der Waals surface area contributed by atoms with Gasteiger partial charge in [-0.15, -0.1) is 10.2 Å². The Bertz CT molecular complexity index is 1190. The highest BCUT2D eigenvalue weighted by molar-refractivity contribution is 8.00. The molecule has 0 aliphatic rings. The van der Waals surface area contributed by atoms with Crippen LogP contribution in [0.15, 0.2) is 84.3 Å². The standard InChI is InChI=1S/C25H25N5OS/c1-17-9-7-8-12-22(17)30-23(21-13-15-26-16-14-21)28-29-25(30)32-19(3)24(31)27-18(2)20-10-5-4-6-11-20/h4-16,18-19H,1-3H3,(H,27,31). The highest BCUT2D eigenvalue weighted by Crippen LogP contribution is 2.31. The molecule has 162 valence electrons. The van der Waals surface area contributed by atoms with E-state index in [1.807, 2.05) is 79.1 Å². The van der Waals surface area contributed by atoms with Crippen molar-refractivity contribution in [2.24, 2.45) is 0 Å². The average Bonchev–Trinajstić information content (AvgIpc) is 3.23. The topological polar surface area (TPSA) is 72.7 Å². The molecule has 0 spiro atoms. The number of para-hydroxylation sites is 1. The van der Waals surface area contributed by atoms with Gasteiger partial charge in [-0.2, -0.15) is 0 Å². The van der Waals surface area contributed by atoms with Gasteiger partial charge in [0.2, 0.25) is 5.91 Å². The number of hydrogen-bond acceptors (Lipinski definition) is 5. The van der Waals surface area contributed by atoms with Gasteiger partial charge in [0.15, 0.2) is 11.0 Å². The van der Waals surface area contributed by atoms with Gasteiger partial charge in [0.05, 0.1) is 17.0 Å². The van der Waals surface area contributed by atoms with E-state index in [4.69, 9.17) is 0 Å². The van der Waals surface area contributed by atoms with E-state index in [2.05, 4.69) is 33.5 Å². The zero-order chi connectivity index (χ0) is 22.5. The van der Waals surface area contributed by atoms with Gasteiger partial charge in [-0.25, -0.2) is 0 Å². The summed E-state index contributed by atoms with van der Waals surface area (Å²) in [7, 11) is 0. The van der Waals surface area contributed by atoms with Crippen molar-refractivity contribution in [3.8, 4) is 17.1 Å². The number of pyridine rings is 1. The number of hydrogen-bond donors (Lipinski definition) is 1. The Morgan fingerprint density at radius 1 is 0.938 bits per heavy atom. The van der Waals surface area contributed by atoms with Crippen molar-refractivity contribution in [3.63, 3.8) is 0 Å². The first kappa shape index (κ1) is 21.8. The van der Waals surface area contributed by atoms with E-state index in [-0.39, 0.29) is 17.2 Å². The molecule has 1 amide bonds. The van der Waals surface area contributed by atoms with Crippen molar-refractivity contribution in [1.29, 1.82) is 0 Å². The van der Waals surface area contributed by atoms with E-state index < -0.39 is 0 Å². The average molecular weight is 444 g/mol. The maximum atomic E-state index is 12.9. The lowest BCUT2D eigenvalue weighted by molar-refractivity contribution is -0.120. The molecule has 0 saturated carbocycles. The third kappa shape index (κ3) is 4.73. The fourth-order valence-electron chi connectivity index (χ4n) is 3.43. The zero-order valence-electron chi connectivity index (χ0n) is 18.3. The van der Waals surface area contributed by atoms with E-state index in [0.717, 1.165) is 28.2 Å². The number of amides is 1. The predicted octanol–water partition coefficient (Wildman–Crippen LogP) is 5.00. The number of nitrogens with zero attached hydrogens (tertiary/aromatic N) is 4. The van der Waals surface area contributed by atoms with Crippen LogP contribution >= 0.6 is 11.8 Å². The summed E-state index contributed by atoms with van der Waals surface area (Å²) in [6, 6.07) is 21.8. The lowest BCUT2D eigenvalue weighted by atomic mass is 10.1. The molecule has 0 bridgehead atoms. The van der Waals surface area contributed by atoms with Crippen molar-refractivity contribution in [1.82, 2.24) is 25.1 Å². The van der Waals surface area contributed by atoms with E-state index in [1.165, 1.54) is 11.8 Å².